The maximum Gasteiger partial charge on any atom is 0.142 e. The van der Waals surface area contributed by atoms with E-state index >= 15 is 0 Å². The van der Waals surface area contributed by atoms with E-state index in [1.54, 1.807) is 20.4 Å². The van der Waals surface area contributed by atoms with Gasteiger partial charge in [0, 0.05) is 13.3 Å². The lowest BCUT2D eigenvalue weighted by atomic mass is 9.84. The summed E-state index contributed by atoms with van der Waals surface area (Å²) in [5.41, 5.74) is 6.99. The normalized spacial score (nSPS) is 20.6. The third-order valence-corrected chi connectivity index (χ3v) is 4.24. The topological polar surface area (TPSA) is 57.4 Å². The second-order valence-electron chi connectivity index (χ2n) is 5.25. The fraction of sp³-hybridized carbons (Fsp3) is 0.667. The van der Waals surface area contributed by atoms with E-state index in [-0.39, 0.29) is 11.6 Å². The molecule has 0 aromatic carbocycles. The van der Waals surface area contributed by atoms with Crippen LogP contribution >= 0.6 is 0 Å². The summed E-state index contributed by atoms with van der Waals surface area (Å²) in [6.07, 6.45) is 8.59. The van der Waals surface area contributed by atoms with Gasteiger partial charge < -0.3 is 15.2 Å². The maximum atomic E-state index is 6.49. The minimum absolute atomic E-state index is 0.244. The lowest BCUT2D eigenvalue weighted by Gasteiger charge is -2.37. The van der Waals surface area contributed by atoms with Gasteiger partial charge in [0.1, 0.15) is 11.4 Å². The van der Waals surface area contributed by atoms with Gasteiger partial charge in [0.25, 0.3) is 0 Å². The number of hydrogen-bond acceptors (Lipinski definition) is 4. The summed E-state index contributed by atoms with van der Waals surface area (Å²) in [4.78, 5) is 4.42. The Morgan fingerprint density at radius 1 is 1.21 bits per heavy atom. The van der Waals surface area contributed by atoms with Crippen molar-refractivity contribution < 1.29 is 9.47 Å². The van der Waals surface area contributed by atoms with Gasteiger partial charge >= 0.3 is 0 Å². The average Bonchev–Trinajstić information content (AvgIpc) is 2.72. The van der Waals surface area contributed by atoms with E-state index < -0.39 is 0 Å². The summed E-state index contributed by atoms with van der Waals surface area (Å²) in [7, 11) is 3.42. The minimum Gasteiger partial charge on any atom is -0.495 e. The molecule has 106 valence electrons. The second kappa shape index (κ2) is 6.35. The molecule has 1 heterocycles. The van der Waals surface area contributed by atoms with Gasteiger partial charge in [0.2, 0.25) is 0 Å². The molecule has 4 nitrogen and oxygen atoms in total. The van der Waals surface area contributed by atoms with Crippen LogP contribution in [-0.4, -0.2) is 24.8 Å². The zero-order valence-electron chi connectivity index (χ0n) is 11.9. The average molecular weight is 264 g/mol. The maximum absolute atomic E-state index is 6.49. The van der Waals surface area contributed by atoms with Crippen LogP contribution < -0.4 is 10.5 Å². The number of hydrogen-bond donors (Lipinski definition) is 1. The number of nitrogens with zero attached hydrogens (tertiary/aromatic N) is 1. The van der Waals surface area contributed by atoms with Crippen LogP contribution in [-0.2, 0) is 4.74 Å². The first-order chi connectivity index (χ1) is 9.23. The van der Waals surface area contributed by atoms with Crippen molar-refractivity contribution in [3.63, 3.8) is 0 Å². The lowest BCUT2D eigenvalue weighted by Crippen LogP contribution is -2.43. The SMILES string of the molecule is COc1cccnc1C(N)C1(OC)CCCCCC1. The van der Waals surface area contributed by atoms with Crippen molar-refractivity contribution in [1.29, 1.82) is 0 Å². The Morgan fingerprint density at radius 2 is 1.89 bits per heavy atom. The number of aromatic nitrogens is 1. The minimum atomic E-state index is -0.307. The van der Waals surface area contributed by atoms with Gasteiger partial charge in [-0.3, -0.25) is 4.98 Å². The van der Waals surface area contributed by atoms with Gasteiger partial charge in [-0.1, -0.05) is 25.7 Å². The second-order valence-corrected chi connectivity index (χ2v) is 5.25. The molecule has 0 aliphatic heterocycles. The van der Waals surface area contributed by atoms with E-state index in [9.17, 15) is 0 Å². The molecule has 0 bridgehead atoms. The molecule has 2 rings (SSSR count). The molecule has 1 aromatic rings. The number of ether oxygens (including phenoxy) is 2. The van der Waals surface area contributed by atoms with Crippen molar-refractivity contribution in [3.8, 4) is 5.75 Å². The number of pyridine rings is 1. The van der Waals surface area contributed by atoms with E-state index in [0.29, 0.717) is 0 Å². The largest absolute Gasteiger partial charge is 0.495 e. The van der Waals surface area contributed by atoms with E-state index in [1.165, 1.54) is 12.8 Å². The Hall–Kier alpha value is -1.13. The van der Waals surface area contributed by atoms with Crippen molar-refractivity contribution in [3.05, 3.63) is 24.0 Å². The van der Waals surface area contributed by atoms with Crippen molar-refractivity contribution in [1.82, 2.24) is 4.98 Å². The first kappa shape index (κ1) is 14.3. The molecule has 0 spiro atoms. The first-order valence-corrected chi connectivity index (χ1v) is 7.03. The monoisotopic (exact) mass is 264 g/mol. The fourth-order valence-corrected chi connectivity index (χ4v) is 3.03. The van der Waals surface area contributed by atoms with Crippen molar-refractivity contribution in [2.75, 3.05) is 14.2 Å². The van der Waals surface area contributed by atoms with Crippen molar-refractivity contribution in [2.24, 2.45) is 5.73 Å². The van der Waals surface area contributed by atoms with Gasteiger partial charge in [-0.05, 0) is 25.0 Å². The van der Waals surface area contributed by atoms with Gasteiger partial charge in [0.05, 0.1) is 18.8 Å². The molecule has 1 fully saturated rings. The Balaban J connectivity index is 2.31. The molecule has 1 aliphatic carbocycles. The summed E-state index contributed by atoms with van der Waals surface area (Å²) in [6, 6.07) is 3.52. The molecule has 1 atom stereocenters. The van der Waals surface area contributed by atoms with E-state index in [4.69, 9.17) is 15.2 Å². The summed E-state index contributed by atoms with van der Waals surface area (Å²) in [5, 5.41) is 0. The highest BCUT2D eigenvalue weighted by molar-refractivity contribution is 5.31. The Morgan fingerprint density at radius 3 is 2.47 bits per heavy atom. The molecule has 2 N–H and O–H groups in total. The molecular formula is C15H24N2O2. The van der Waals surface area contributed by atoms with E-state index in [2.05, 4.69) is 4.98 Å². The molecule has 1 aliphatic rings. The van der Waals surface area contributed by atoms with Crippen LogP contribution in [0.15, 0.2) is 18.3 Å². The standard InChI is InChI=1S/C15H24N2O2/c1-18-12-8-7-11-17-13(12)14(16)15(19-2)9-5-3-4-6-10-15/h7-8,11,14H,3-6,9-10,16H2,1-2H3. The van der Waals surface area contributed by atoms with Gasteiger partial charge in [-0.2, -0.15) is 0 Å². The van der Waals surface area contributed by atoms with Crippen LogP contribution in [0.1, 0.15) is 50.3 Å². The molecule has 4 heteroatoms. The predicted molar refractivity (Wildman–Crippen MR) is 75.2 cm³/mol. The van der Waals surface area contributed by atoms with Gasteiger partial charge in [0.15, 0.2) is 0 Å². The zero-order chi connectivity index (χ0) is 13.7. The molecule has 0 amide bonds. The number of rotatable bonds is 4. The Bertz CT molecular complexity index is 401. The summed E-state index contributed by atoms with van der Waals surface area (Å²) in [6.45, 7) is 0. The summed E-state index contributed by atoms with van der Waals surface area (Å²) >= 11 is 0. The third kappa shape index (κ3) is 2.90. The Kier molecular flexibility index (Phi) is 4.77. The van der Waals surface area contributed by atoms with Crippen LogP contribution in [0.25, 0.3) is 0 Å². The smallest absolute Gasteiger partial charge is 0.142 e. The summed E-state index contributed by atoms with van der Waals surface area (Å²) in [5.74, 6) is 0.746. The van der Waals surface area contributed by atoms with Crippen molar-refractivity contribution >= 4 is 0 Å². The molecule has 0 saturated heterocycles. The van der Waals surface area contributed by atoms with Crippen LogP contribution in [0, 0.1) is 0 Å². The van der Waals surface area contributed by atoms with E-state index in [1.807, 2.05) is 12.1 Å². The predicted octanol–water partition coefficient (Wildman–Crippen LogP) is 2.83. The molecule has 19 heavy (non-hydrogen) atoms. The molecule has 1 aromatic heterocycles. The van der Waals surface area contributed by atoms with Crippen LogP contribution in [0.5, 0.6) is 5.75 Å². The zero-order valence-corrected chi connectivity index (χ0v) is 11.9. The van der Waals surface area contributed by atoms with Crippen LogP contribution in [0.3, 0.4) is 0 Å². The fourth-order valence-electron chi connectivity index (χ4n) is 3.03. The van der Waals surface area contributed by atoms with Gasteiger partial charge in [-0.15, -0.1) is 0 Å². The van der Waals surface area contributed by atoms with Crippen molar-refractivity contribution in [2.45, 2.75) is 50.2 Å². The number of methoxy groups -OCH3 is 2. The third-order valence-electron chi connectivity index (χ3n) is 4.24. The molecule has 1 saturated carbocycles. The molecular weight excluding hydrogens is 240 g/mol. The quantitative estimate of drug-likeness (QED) is 0.850. The first-order valence-electron chi connectivity index (χ1n) is 7.03. The highest BCUT2D eigenvalue weighted by Gasteiger charge is 2.39. The van der Waals surface area contributed by atoms with Gasteiger partial charge in [-0.25, -0.2) is 0 Å². The molecule has 1 unspecified atom stereocenters. The van der Waals surface area contributed by atoms with Crippen LogP contribution in [0.2, 0.25) is 0 Å². The van der Waals surface area contributed by atoms with E-state index in [0.717, 1.165) is 37.1 Å². The lowest BCUT2D eigenvalue weighted by molar-refractivity contribution is -0.0456. The highest BCUT2D eigenvalue weighted by Crippen LogP contribution is 2.40. The number of nitrogens with two attached hydrogens (primary N) is 1. The highest BCUT2D eigenvalue weighted by atomic mass is 16.5. The summed E-state index contributed by atoms with van der Waals surface area (Å²) < 4.78 is 11.2. The molecule has 0 radical (unpaired) electrons. The van der Waals surface area contributed by atoms with Crippen LogP contribution in [0.4, 0.5) is 0 Å². The Labute approximate surface area is 115 Å².